The second kappa shape index (κ2) is 8.82. The first-order chi connectivity index (χ1) is 11.5. The summed E-state index contributed by atoms with van der Waals surface area (Å²) in [5.74, 6) is -0.0203. The molecule has 0 fully saturated rings. The molecular weight excluding hydrogens is 309 g/mol. The molecule has 0 bridgehead atoms. The molecule has 2 aromatic rings. The van der Waals surface area contributed by atoms with E-state index in [0.29, 0.717) is 18.7 Å². The van der Waals surface area contributed by atoms with Gasteiger partial charge in [0.1, 0.15) is 18.2 Å². The summed E-state index contributed by atoms with van der Waals surface area (Å²) < 4.78 is 18.3. The van der Waals surface area contributed by atoms with Crippen LogP contribution in [0.5, 0.6) is 5.75 Å². The Bertz CT molecular complexity index is 698. The molecule has 0 aliphatic rings. The first-order valence-corrected chi connectivity index (χ1v) is 7.79. The first kappa shape index (κ1) is 17.7. The molecule has 0 aliphatic heterocycles. The lowest BCUT2D eigenvalue weighted by atomic mass is 10.1. The summed E-state index contributed by atoms with van der Waals surface area (Å²) in [6.07, 6.45) is 0.191. The smallest absolute Gasteiger partial charge is 0.220 e. The van der Waals surface area contributed by atoms with Gasteiger partial charge < -0.3 is 10.1 Å². The molecule has 1 amide bonds. The SMILES string of the molecule is Cc1cccc(OCCNC(=O)CCC(=O)c2ccc(F)cc2)c1. The molecule has 0 aliphatic carbocycles. The van der Waals surface area contributed by atoms with Crippen molar-refractivity contribution in [2.45, 2.75) is 19.8 Å². The van der Waals surface area contributed by atoms with Crippen LogP contribution in [0.3, 0.4) is 0 Å². The number of carbonyl (C=O) groups excluding carboxylic acids is 2. The molecule has 5 heteroatoms. The highest BCUT2D eigenvalue weighted by Gasteiger charge is 2.09. The third-order valence-electron chi connectivity index (χ3n) is 3.43. The third-order valence-corrected chi connectivity index (χ3v) is 3.43. The Hall–Kier alpha value is -2.69. The number of Topliss-reactive ketones (excluding diaryl/α,β-unsaturated/α-hetero) is 1. The average molecular weight is 329 g/mol. The predicted molar refractivity (Wildman–Crippen MR) is 89.6 cm³/mol. The van der Waals surface area contributed by atoms with Gasteiger partial charge in [-0.25, -0.2) is 4.39 Å². The Morgan fingerprint density at radius 2 is 1.83 bits per heavy atom. The summed E-state index contributed by atoms with van der Waals surface area (Å²) in [6.45, 7) is 2.71. The van der Waals surface area contributed by atoms with Crippen molar-refractivity contribution in [2.75, 3.05) is 13.2 Å². The minimum Gasteiger partial charge on any atom is -0.492 e. The molecule has 0 atom stereocenters. The largest absolute Gasteiger partial charge is 0.492 e. The summed E-state index contributed by atoms with van der Waals surface area (Å²) in [6, 6.07) is 13.0. The molecule has 0 aromatic heterocycles. The van der Waals surface area contributed by atoms with Crippen LogP contribution in [0.2, 0.25) is 0 Å². The number of amides is 1. The monoisotopic (exact) mass is 329 g/mol. The molecule has 0 unspecified atom stereocenters. The topological polar surface area (TPSA) is 55.4 Å². The Labute approximate surface area is 140 Å². The maximum atomic E-state index is 12.8. The van der Waals surface area contributed by atoms with Crippen molar-refractivity contribution in [3.05, 3.63) is 65.5 Å². The number of rotatable bonds is 8. The van der Waals surface area contributed by atoms with Gasteiger partial charge in [0.05, 0.1) is 6.54 Å². The molecule has 0 spiro atoms. The molecule has 0 saturated heterocycles. The number of hydrogen-bond donors (Lipinski definition) is 1. The zero-order chi connectivity index (χ0) is 17.4. The van der Waals surface area contributed by atoms with Crippen LogP contribution in [0.1, 0.15) is 28.8 Å². The van der Waals surface area contributed by atoms with Crippen LogP contribution in [-0.4, -0.2) is 24.8 Å². The van der Waals surface area contributed by atoms with Crippen LogP contribution >= 0.6 is 0 Å². The van der Waals surface area contributed by atoms with Gasteiger partial charge in [-0.05, 0) is 48.9 Å². The Morgan fingerprint density at radius 1 is 1.08 bits per heavy atom. The van der Waals surface area contributed by atoms with Crippen molar-refractivity contribution in [1.29, 1.82) is 0 Å². The summed E-state index contributed by atoms with van der Waals surface area (Å²) in [4.78, 5) is 23.6. The highest BCUT2D eigenvalue weighted by atomic mass is 19.1. The van der Waals surface area contributed by atoms with Gasteiger partial charge in [-0.15, -0.1) is 0 Å². The Morgan fingerprint density at radius 3 is 2.54 bits per heavy atom. The summed E-state index contributed by atoms with van der Waals surface area (Å²) in [5.41, 5.74) is 1.52. The average Bonchev–Trinajstić information content (AvgIpc) is 2.57. The Balaban J connectivity index is 1.64. The number of carbonyl (C=O) groups is 2. The molecule has 4 nitrogen and oxygen atoms in total. The van der Waals surface area contributed by atoms with E-state index in [1.165, 1.54) is 24.3 Å². The molecule has 2 aromatic carbocycles. The summed E-state index contributed by atoms with van der Waals surface area (Å²) in [5, 5.41) is 2.71. The van der Waals surface area contributed by atoms with Crippen molar-refractivity contribution < 1.29 is 18.7 Å². The quantitative estimate of drug-likeness (QED) is 0.597. The Kier molecular flexibility index (Phi) is 6.49. The van der Waals surface area contributed by atoms with Gasteiger partial charge in [-0.2, -0.15) is 0 Å². The fraction of sp³-hybridized carbons (Fsp3) is 0.263. The molecule has 0 saturated carbocycles. The lowest BCUT2D eigenvalue weighted by Crippen LogP contribution is -2.28. The van der Waals surface area contributed by atoms with Crippen LogP contribution < -0.4 is 10.1 Å². The van der Waals surface area contributed by atoms with Crippen LogP contribution in [-0.2, 0) is 4.79 Å². The van der Waals surface area contributed by atoms with E-state index in [1.807, 2.05) is 31.2 Å². The van der Waals surface area contributed by atoms with Crippen molar-refractivity contribution in [3.8, 4) is 5.75 Å². The summed E-state index contributed by atoms with van der Waals surface area (Å²) >= 11 is 0. The summed E-state index contributed by atoms with van der Waals surface area (Å²) in [7, 11) is 0. The molecule has 0 radical (unpaired) electrons. The van der Waals surface area contributed by atoms with Crippen LogP contribution in [0, 0.1) is 12.7 Å². The van der Waals surface area contributed by atoms with Crippen LogP contribution in [0.15, 0.2) is 48.5 Å². The van der Waals surface area contributed by atoms with Crippen molar-refractivity contribution >= 4 is 11.7 Å². The fourth-order valence-electron chi connectivity index (χ4n) is 2.16. The lowest BCUT2D eigenvalue weighted by molar-refractivity contribution is -0.121. The van der Waals surface area contributed by atoms with Crippen molar-refractivity contribution in [1.82, 2.24) is 5.32 Å². The maximum absolute atomic E-state index is 12.8. The minimum absolute atomic E-state index is 0.0935. The minimum atomic E-state index is -0.391. The number of hydrogen-bond acceptors (Lipinski definition) is 3. The van der Waals surface area contributed by atoms with E-state index in [2.05, 4.69) is 5.32 Å². The lowest BCUT2D eigenvalue weighted by Gasteiger charge is -2.08. The number of aryl methyl sites for hydroxylation is 1. The second-order valence-corrected chi connectivity index (χ2v) is 5.44. The van der Waals surface area contributed by atoms with E-state index in [4.69, 9.17) is 4.74 Å². The number of halogens is 1. The molecule has 24 heavy (non-hydrogen) atoms. The van der Waals surface area contributed by atoms with Gasteiger partial charge in [0.2, 0.25) is 5.91 Å². The number of nitrogens with one attached hydrogen (secondary N) is 1. The molecule has 0 heterocycles. The van der Waals surface area contributed by atoms with Crippen molar-refractivity contribution in [3.63, 3.8) is 0 Å². The molecule has 126 valence electrons. The highest BCUT2D eigenvalue weighted by Crippen LogP contribution is 2.11. The van der Waals surface area contributed by atoms with Gasteiger partial charge in [0.15, 0.2) is 5.78 Å². The second-order valence-electron chi connectivity index (χ2n) is 5.44. The van der Waals surface area contributed by atoms with Crippen LogP contribution in [0.25, 0.3) is 0 Å². The third kappa shape index (κ3) is 5.83. The van der Waals surface area contributed by atoms with E-state index in [-0.39, 0.29) is 24.5 Å². The van der Waals surface area contributed by atoms with E-state index >= 15 is 0 Å². The zero-order valence-electron chi connectivity index (χ0n) is 13.5. The zero-order valence-corrected chi connectivity index (χ0v) is 13.5. The fourth-order valence-corrected chi connectivity index (χ4v) is 2.16. The predicted octanol–water partition coefficient (Wildman–Crippen LogP) is 3.29. The van der Waals surface area contributed by atoms with Gasteiger partial charge in [0.25, 0.3) is 0 Å². The van der Waals surface area contributed by atoms with Gasteiger partial charge in [-0.3, -0.25) is 9.59 Å². The number of ketones is 1. The highest BCUT2D eigenvalue weighted by molar-refractivity contribution is 5.97. The van der Waals surface area contributed by atoms with Crippen LogP contribution in [0.4, 0.5) is 4.39 Å². The van der Waals surface area contributed by atoms with Crippen molar-refractivity contribution in [2.24, 2.45) is 0 Å². The van der Waals surface area contributed by atoms with Gasteiger partial charge in [0, 0.05) is 18.4 Å². The van der Waals surface area contributed by atoms with E-state index in [9.17, 15) is 14.0 Å². The van der Waals surface area contributed by atoms with Gasteiger partial charge >= 0.3 is 0 Å². The number of ether oxygens (including phenoxy) is 1. The standard InChI is InChI=1S/C19H20FNO3/c1-14-3-2-4-17(13-14)24-12-11-21-19(23)10-9-18(22)15-5-7-16(20)8-6-15/h2-8,13H,9-12H2,1H3,(H,21,23). The first-order valence-electron chi connectivity index (χ1n) is 7.79. The van der Waals surface area contributed by atoms with E-state index in [0.717, 1.165) is 11.3 Å². The van der Waals surface area contributed by atoms with E-state index < -0.39 is 5.82 Å². The number of benzene rings is 2. The molecular formula is C19H20FNO3. The van der Waals surface area contributed by atoms with Gasteiger partial charge in [-0.1, -0.05) is 12.1 Å². The molecule has 2 rings (SSSR count). The molecule has 1 N–H and O–H groups in total. The normalized spacial score (nSPS) is 10.2. The van der Waals surface area contributed by atoms with E-state index in [1.54, 1.807) is 0 Å². The maximum Gasteiger partial charge on any atom is 0.220 e.